The molecule has 1 saturated heterocycles. The van der Waals surface area contributed by atoms with Crippen molar-refractivity contribution in [2.45, 2.75) is 19.1 Å². The molecule has 0 aromatic carbocycles. The van der Waals surface area contributed by atoms with Crippen molar-refractivity contribution >= 4 is 29.7 Å². The van der Waals surface area contributed by atoms with Gasteiger partial charge in [0.1, 0.15) is 18.0 Å². The van der Waals surface area contributed by atoms with Gasteiger partial charge >= 0.3 is 23.9 Å². The first kappa shape index (κ1) is 17.1. The highest BCUT2D eigenvalue weighted by Crippen LogP contribution is 2.56. The highest BCUT2D eigenvalue weighted by Gasteiger charge is 2.74. The number of rotatable bonds is 5. The third-order valence-electron chi connectivity index (χ3n) is 4.78. The number of fused-ring (bicyclic) bond motifs is 1. The average molecular weight is 352 g/mol. The molecule has 1 heterocycles. The number of ketones is 1. The van der Waals surface area contributed by atoms with Gasteiger partial charge in [-0.25, -0.2) is 9.59 Å². The first-order valence-corrected chi connectivity index (χ1v) is 7.62. The van der Waals surface area contributed by atoms with Gasteiger partial charge in [-0.05, 0) is 6.92 Å². The first-order chi connectivity index (χ1) is 11.8. The quantitative estimate of drug-likeness (QED) is 0.354. The van der Waals surface area contributed by atoms with Crippen molar-refractivity contribution < 1.29 is 42.9 Å². The number of hydrogen-bond donors (Lipinski definition) is 0. The van der Waals surface area contributed by atoms with Crippen molar-refractivity contribution in [1.29, 1.82) is 0 Å². The summed E-state index contributed by atoms with van der Waals surface area (Å²) in [5, 5.41) is 0. The number of hydrogen-bond acceptors (Lipinski definition) is 9. The molecule has 134 valence electrons. The van der Waals surface area contributed by atoms with Crippen LogP contribution in [0, 0.1) is 23.7 Å². The van der Waals surface area contributed by atoms with E-state index in [1.165, 1.54) is 6.92 Å². The number of esters is 4. The smallest absolute Gasteiger partial charge is 0.344 e. The van der Waals surface area contributed by atoms with Crippen molar-refractivity contribution in [3.05, 3.63) is 12.2 Å². The normalized spacial score (nSPS) is 34.5. The molecule has 2 aliphatic carbocycles. The maximum atomic E-state index is 12.4. The van der Waals surface area contributed by atoms with Gasteiger partial charge in [0.15, 0.2) is 6.61 Å². The molecular weight excluding hydrogens is 336 g/mol. The van der Waals surface area contributed by atoms with Gasteiger partial charge in [0.05, 0.1) is 30.8 Å². The van der Waals surface area contributed by atoms with Crippen LogP contribution in [0.2, 0.25) is 0 Å². The van der Waals surface area contributed by atoms with Crippen LogP contribution in [0.1, 0.15) is 6.92 Å². The van der Waals surface area contributed by atoms with Gasteiger partial charge in [0.2, 0.25) is 0 Å². The average Bonchev–Trinajstić information content (AvgIpc) is 3.11. The molecule has 0 spiro atoms. The van der Waals surface area contributed by atoms with E-state index in [9.17, 15) is 24.0 Å². The Balaban J connectivity index is 1.74. The molecule has 0 radical (unpaired) electrons. The Morgan fingerprint density at radius 2 is 1.84 bits per heavy atom. The first-order valence-electron chi connectivity index (χ1n) is 7.62. The number of carbonyl (C=O) groups is 5. The SMILES string of the molecule is C=C(C)C(=O)OCC(=O)OC1C2OC(=O)C3C2C(=O)C1C3C(=O)OC. The minimum Gasteiger partial charge on any atom is -0.469 e. The van der Waals surface area contributed by atoms with Crippen LogP contribution in [0.5, 0.6) is 0 Å². The van der Waals surface area contributed by atoms with E-state index >= 15 is 0 Å². The zero-order valence-electron chi connectivity index (χ0n) is 13.6. The van der Waals surface area contributed by atoms with Crippen LogP contribution in [-0.2, 0) is 42.9 Å². The molecule has 2 bridgehead atoms. The topological polar surface area (TPSA) is 122 Å². The van der Waals surface area contributed by atoms with Gasteiger partial charge in [-0.1, -0.05) is 6.58 Å². The molecule has 0 amide bonds. The van der Waals surface area contributed by atoms with Gasteiger partial charge in [-0.15, -0.1) is 0 Å². The van der Waals surface area contributed by atoms with Gasteiger partial charge in [0, 0.05) is 5.57 Å². The largest absolute Gasteiger partial charge is 0.469 e. The Labute approximate surface area is 142 Å². The maximum absolute atomic E-state index is 12.4. The second-order valence-electron chi connectivity index (χ2n) is 6.24. The summed E-state index contributed by atoms with van der Waals surface area (Å²) in [6.07, 6.45) is -2.02. The summed E-state index contributed by atoms with van der Waals surface area (Å²) in [5.74, 6) is -7.18. The van der Waals surface area contributed by atoms with Crippen molar-refractivity contribution in [1.82, 2.24) is 0 Å². The summed E-state index contributed by atoms with van der Waals surface area (Å²) in [5.41, 5.74) is 0.112. The maximum Gasteiger partial charge on any atom is 0.344 e. The molecule has 3 aliphatic rings. The Morgan fingerprint density at radius 1 is 1.16 bits per heavy atom. The van der Waals surface area contributed by atoms with Crippen LogP contribution in [0.15, 0.2) is 12.2 Å². The fourth-order valence-electron chi connectivity index (χ4n) is 3.81. The zero-order valence-corrected chi connectivity index (χ0v) is 13.6. The molecular formula is C16H16O9. The zero-order chi connectivity index (χ0) is 18.5. The van der Waals surface area contributed by atoms with E-state index in [0.717, 1.165) is 7.11 Å². The standard InChI is InChI=1S/C16H16O9/c1-5(2)14(19)23-4-6(17)24-12-9-7(15(20)22-3)8-10(11(9)18)13(12)25-16(8)21/h7-10,12-13H,1,4H2,2-3H3. The summed E-state index contributed by atoms with van der Waals surface area (Å²) in [4.78, 5) is 59.6. The number of methoxy groups -OCH3 is 1. The molecule has 2 saturated carbocycles. The molecule has 6 atom stereocenters. The van der Waals surface area contributed by atoms with Crippen LogP contribution in [0.25, 0.3) is 0 Å². The Bertz CT molecular complexity index is 694. The highest BCUT2D eigenvalue weighted by molar-refractivity contribution is 6.03. The van der Waals surface area contributed by atoms with E-state index in [-0.39, 0.29) is 11.4 Å². The Hall–Kier alpha value is -2.71. The molecule has 9 heteroatoms. The fourth-order valence-corrected chi connectivity index (χ4v) is 3.81. The third-order valence-corrected chi connectivity index (χ3v) is 4.78. The lowest BCUT2D eigenvalue weighted by Gasteiger charge is -2.28. The molecule has 0 N–H and O–H groups in total. The van der Waals surface area contributed by atoms with Gasteiger partial charge in [0.25, 0.3) is 0 Å². The van der Waals surface area contributed by atoms with Crippen LogP contribution in [-0.4, -0.2) is 55.6 Å². The minimum atomic E-state index is -1.10. The summed E-state index contributed by atoms with van der Waals surface area (Å²) in [6.45, 7) is 4.11. The lowest BCUT2D eigenvalue weighted by Crippen LogP contribution is -2.44. The van der Waals surface area contributed by atoms with Gasteiger partial charge < -0.3 is 18.9 Å². The van der Waals surface area contributed by atoms with Crippen molar-refractivity contribution in [3.8, 4) is 0 Å². The van der Waals surface area contributed by atoms with Crippen LogP contribution < -0.4 is 0 Å². The molecule has 3 fully saturated rings. The number of ether oxygens (including phenoxy) is 4. The summed E-state index contributed by atoms with van der Waals surface area (Å²) >= 11 is 0. The number of Topliss-reactive ketones (excluding diaryl/α,β-unsaturated/α-hetero) is 1. The molecule has 0 aromatic rings. The van der Waals surface area contributed by atoms with Crippen molar-refractivity contribution in [2.75, 3.05) is 13.7 Å². The van der Waals surface area contributed by atoms with Crippen LogP contribution in [0.3, 0.4) is 0 Å². The summed E-state index contributed by atoms with van der Waals surface area (Å²) in [7, 11) is 1.15. The molecule has 0 aromatic heterocycles. The summed E-state index contributed by atoms with van der Waals surface area (Å²) < 4.78 is 19.7. The summed E-state index contributed by atoms with van der Waals surface area (Å²) in [6, 6.07) is 0. The fraction of sp³-hybridized carbons (Fsp3) is 0.562. The second-order valence-corrected chi connectivity index (χ2v) is 6.24. The van der Waals surface area contributed by atoms with Gasteiger partial charge in [-0.2, -0.15) is 0 Å². The molecule has 9 nitrogen and oxygen atoms in total. The van der Waals surface area contributed by atoms with E-state index in [1.807, 2.05) is 0 Å². The lowest BCUT2D eigenvalue weighted by atomic mass is 9.78. The molecule has 1 aliphatic heterocycles. The predicted octanol–water partition coefficient (Wildman–Crippen LogP) is -0.823. The monoisotopic (exact) mass is 352 g/mol. The van der Waals surface area contributed by atoms with E-state index in [2.05, 4.69) is 16.1 Å². The lowest BCUT2D eigenvalue weighted by molar-refractivity contribution is -0.171. The highest BCUT2D eigenvalue weighted by atomic mass is 16.6. The molecule has 3 rings (SSSR count). The predicted molar refractivity (Wildman–Crippen MR) is 76.5 cm³/mol. The van der Waals surface area contributed by atoms with E-state index in [1.54, 1.807) is 0 Å². The second kappa shape index (κ2) is 5.98. The third kappa shape index (κ3) is 2.50. The van der Waals surface area contributed by atoms with Crippen molar-refractivity contribution in [2.24, 2.45) is 23.7 Å². The van der Waals surface area contributed by atoms with E-state index in [0.29, 0.717) is 0 Å². The molecule has 25 heavy (non-hydrogen) atoms. The van der Waals surface area contributed by atoms with E-state index in [4.69, 9.17) is 9.47 Å². The minimum absolute atomic E-state index is 0.112. The Kier molecular flexibility index (Phi) is 4.09. The Morgan fingerprint density at radius 3 is 2.44 bits per heavy atom. The van der Waals surface area contributed by atoms with E-state index < -0.39 is 66.4 Å². The van der Waals surface area contributed by atoms with Crippen LogP contribution in [0.4, 0.5) is 0 Å². The van der Waals surface area contributed by atoms with Crippen molar-refractivity contribution in [3.63, 3.8) is 0 Å². The molecule has 6 unspecified atom stereocenters. The van der Waals surface area contributed by atoms with Gasteiger partial charge in [-0.3, -0.25) is 14.4 Å². The van der Waals surface area contributed by atoms with Crippen LogP contribution >= 0.6 is 0 Å². The number of carbonyl (C=O) groups excluding carboxylic acids is 5.